The number of aliphatic carboxylic acids is 1. The molecule has 0 spiro atoms. The van der Waals surface area contributed by atoms with Crippen LogP contribution in [0.4, 0.5) is 5.82 Å². The Hall–Kier alpha value is -1.52. The van der Waals surface area contributed by atoms with Gasteiger partial charge in [-0.05, 0) is 13.3 Å². The Morgan fingerprint density at radius 1 is 1.79 bits per heavy atom. The van der Waals surface area contributed by atoms with Crippen LogP contribution in [-0.2, 0) is 11.8 Å². The minimum atomic E-state index is -0.851. The third kappa shape index (κ3) is 2.25. The predicted octanol–water partition coefficient (Wildman–Crippen LogP) is 1.00. The number of hydrogen-bond donors (Lipinski definition) is 2. The van der Waals surface area contributed by atoms with Crippen LogP contribution in [0, 0.1) is 6.92 Å². The summed E-state index contributed by atoms with van der Waals surface area (Å²) < 4.78 is 1.71. The number of rotatable bonds is 4. The second kappa shape index (κ2) is 4.13. The van der Waals surface area contributed by atoms with Crippen LogP contribution in [0.5, 0.6) is 0 Å². The van der Waals surface area contributed by atoms with E-state index in [-0.39, 0.29) is 0 Å². The van der Waals surface area contributed by atoms with E-state index in [1.165, 1.54) is 0 Å². The second-order valence-corrected chi connectivity index (χ2v) is 3.24. The van der Waals surface area contributed by atoms with Crippen LogP contribution in [-0.4, -0.2) is 26.9 Å². The van der Waals surface area contributed by atoms with Crippen LogP contribution >= 0.6 is 0 Å². The average molecular weight is 197 g/mol. The lowest BCUT2D eigenvalue weighted by Gasteiger charge is -2.10. The molecular formula is C9H15N3O2. The summed E-state index contributed by atoms with van der Waals surface area (Å²) in [6.07, 6.45) is 0.533. The summed E-state index contributed by atoms with van der Waals surface area (Å²) in [6.45, 7) is 3.74. The summed E-state index contributed by atoms with van der Waals surface area (Å²) in [5.41, 5.74) is 0.993. The third-order valence-electron chi connectivity index (χ3n) is 2.14. The quantitative estimate of drug-likeness (QED) is 0.755. The lowest BCUT2D eigenvalue weighted by Crippen LogP contribution is -2.28. The van der Waals surface area contributed by atoms with Gasteiger partial charge in [-0.2, -0.15) is 5.10 Å². The van der Waals surface area contributed by atoms with Crippen molar-refractivity contribution in [3.8, 4) is 0 Å². The van der Waals surface area contributed by atoms with Crippen molar-refractivity contribution >= 4 is 11.8 Å². The van der Waals surface area contributed by atoms with Gasteiger partial charge in [-0.25, -0.2) is 4.79 Å². The molecular weight excluding hydrogens is 182 g/mol. The second-order valence-electron chi connectivity index (χ2n) is 3.24. The summed E-state index contributed by atoms with van der Waals surface area (Å²) in [4.78, 5) is 10.7. The maximum Gasteiger partial charge on any atom is 0.326 e. The van der Waals surface area contributed by atoms with E-state index in [4.69, 9.17) is 5.11 Å². The fourth-order valence-electron chi connectivity index (χ4n) is 1.15. The normalized spacial score (nSPS) is 12.5. The van der Waals surface area contributed by atoms with Crippen molar-refractivity contribution in [2.45, 2.75) is 26.3 Å². The Kier molecular flexibility index (Phi) is 3.11. The van der Waals surface area contributed by atoms with Crippen LogP contribution in [0.2, 0.25) is 0 Å². The number of nitrogens with one attached hydrogen (secondary N) is 1. The summed E-state index contributed by atoms with van der Waals surface area (Å²) >= 11 is 0. The van der Waals surface area contributed by atoms with Gasteiger partial charge in [-0.1, -0.05) is 6.92 Å². The largest absolute Gasteiger partial charge is 0.480 e. The highest BCUT2D eigenvalue weighted by atomic mass is 16.4. The first-order valence-corrected chi connectivity index (χ1v) is 4.54. The van der Waals surface area contributed by atoms with E-state index in [0.717, 1.165) is 5.69 Å². The topological polar surface area (TPSA) is 67.2 Å². The number of hydrogen-bond acceptors (Lipinski definition) is 3. The maximum atomic E-state index is 10.7. The summed E-state index contributed by atoms with van der Waals surface area (Å²) in [6, 6.07) is 1.26. The van der Waals surface area contributed by atoms with E-state index in [1.54, 1.807) is 4.68 Å². The molecule has 0 radical (unpaired) electrons. The Balaban J connectivity index is 2.72. The van der Waals surface area contributed by atoms with Gasteiger partial charge in [0.2, 0.25) is 0 Å². The molecule has 78 valence electrons. The van der Waals surface area contributed by atoms with Crippen molar-refractivity contribution in [1.82, 2.24) is 9.78 Å². The minimum Gasteiger partial charge on any atom is -0.480 e. The summed E-state index contributed by atoms with van der Waals surface area (Å²) in [5, 5.41) is 15.8. The molecule has 5 heteroatoms. The summed E-state index contributed by atoms with van der Waals surface area (Å²) in [5.74, 6) is -0.241. The number of carboxylic acids is 1. The Bertz CT molecular complexity index is 313. The molecule has 14 heavy (non-hydrogen) atoms. The predicted molar refractivity (Wildman–Crippen MR) is 53.3 cm³/mol. The lowest BCUT2D eigenvalue weighted by atomic mass is 10.2. The Morgan fingerprint density at radius 2 is 2.43 bits per heavy atom. The van der Waals surface area contributed by atoms with E-state index in [2.05, 4.69) is 10.4 Å². The van der Waals surface area contributed by atoms with Crippen LogP contribution in [0.3, 0.4) is 0 Å². The van der Waals surface area contributed by atoms with Crippen LogP contribution in [0.1, 0.15) is 19.0 Å². The highest BCUT2D eigenvalue weighted by molar-refractivity contribution is 5.76. The molecule has 1 heterocycles. The van der Waals surface area contributed by atoms with Crippen LogP contribution in [0.25, 0.3) is 0 Å². The van der Waals surface area contributed by atoms with Crippen LogP contribution in [0.15, 0.2) is 6.07 Å². The molecule has 0 bridgehead atoms. The van der Waals surface area contributed by atoms with Gasteiger partial charge in [-0.3, -0.25) is 4.68 Å². The Morgan fingerprint density at radius 3 is 2.79 bits per heavy atom. The number of aryl methyl sites for hydroxylation is 2. The highest BCUT2D eigenvalue weighted by Crippen LogP contribution is 2.09. The molecule has 1 aromatic rings. The Labute approximate surface area is 82.7 Å². The van der Waals surface area contributed by atoms with Gasteiger partial charge in [0.1, 0.15) is 11.9 Å². The van der Waals surface area contributed by atoms with Gasteiger partial charge < -0.3 is 10.4 Å². The molecule has 0 aliphatic carbocycles. The molecule has 0 saturated heterocycles. The standard InChI is InChI=1S/C9H15N3O2/c1-4-7(9(13)14)10-8-5-6(2)12(3)11-8/h5,7H,4H2,1-3H3,(H,10,11)(H,13,14). The van der Waals surface area contributed by atoms with Crippen LogP contribution < -0.4 is 5.32 Å². The number of carbonyl (C=O) groups is 1. The first-order chi connectivity index (χ1) is 6.54. The fourth-order valence-corrected chi connectivity index (χ4v) is 1.15. The van der Waals surface area contributed by atoms with E-state index in [0.29, 0.717) is 12.2 Å². The van der Waals surface area contributed by atoms with Gasteiger partial charge in [-0.15, -0.1) is 0 Å². The molecule has 0 aliphatic heterocycles. The number of aromatic nitrogens is 2. The minimum absolute atomic E-state index is 0.533. The number of carboxylic acid groups (broad SMARTS) is 1. The zero-order valence-corrected chi connectivity index (χ0v) is 8.61. The SMILES string of the molecule is CCC(Nc1cc(C)n(C)n1)C(=O)O. The zero-order valence-electron chi connectivity index (χ0n) is 8.61. The molecule has 5 nitrogen and oxygen atoms in total. The zero-order chi connectivity index (χ0) is 10.7. The first kappa shape index (κ1) is 10.6. The van der Waals surface area contributed by atoms with Gasteiger partial charge in [0.05, 0.1) is 0 Å². The maximum absolute atomic E-state index is 10.7. The van der Waals surface area contributed by atoms with E-state index >= 15 is 0 Å². The molecule has 1 rings (SSSR count). The molecule has 0 saturated carbocycles. The van der Waals surface area contributed by atoms with Gasteiger partial charge in [0.25, 0.3) is 0 Å². The average Bonchev–Trinajstić information content (AvgIpc) is 2.41. The highest BCUT2D eigenvalue weighted by Gasteiger charge is 2.15. The molecule has 0 aromatic carbocycles. The van der Waals surface area contributed by atoms with Crippen molar-refractivity contribution in [1.29, 1.82) is 0 Å². The van der Waals surface area contributed by atoms with Crippen molar-refractivity contribution in [2.75, 3.05) is 5.32 Å². The molecule has 0 amide bonds. The molecule has 0 aliphatic rings. The summed E-state index contributed by atoms with van der Waals surface area (Å²) in [7, 11) is 1.82. The van der Waals surface area contributed by atoms with Crippen molar-refractivity contribution in [3.63, 3.8) is 0 Å². The fraction of sp³-hybridized carbons (Fsp3) is 0.556. The molecule has 1 aromatic heterocycles. The number of nitrogens with zero attached hydrogens (tertiary/aromatic N) is 2. The first-order valence-electron chi connectivity index (χ1n) is 4.54. The van der Waals surface area contributed by atoms with Gasteiger partial charge in [0.15, 0.2) is 0 Å². The third-order valence-corrected chi connectivity index (χ3v) is 2.14. The van der Waals surface area contributed by atoms with Crippen molar-refractivity contribution in [2.24, 2.45) is 7.05 Å². The van der Waals surface area contributed by atoms with E-state index < -0.39 is 12.0 Å². The lowest BCUT2D eigenvalue weighted by molar-refractivity contribution is -0.137. The van der Waals surface area contributed by atoms with E-state index in [9.17, 15) is 4.79 Å². The monoisotopic (exact) mass is 197 g/mol. The smallest absolute Gasteiger partial charge is 0.326 e. The van der Waals surface area contributed by atoms with E-state index in [1.807, 2.05) is 27.0 Å². The molecule has 1 unspecified atom stereocenters. The van der Waals surface area contributed by atoms with Gasteiger partial charge in [0, 0.05) is 18.8 Å². The van der Waals surface area contributed by atoms with Crippen molar-refractivity contribution < 1.29 is 9.90 Å². The number of anilines is 1. The van der Waals surface area contributed by atoms with Gasteiger partial charge >= 0.3 is 5.97 Å². The molecule has 1 atom stereocenters. The van der Waals surface area contributed by atoms with Crippen molar-refractivity contribution in [3.05, 3.63) is 11.8 Å². The molecule has 2 N–H and O–H groups in total. The molecule has 0 fully saturated rings.